The second kappa shape index (κ2) is 7.20. The minimum atomic E-state index is 0.262. The maximum absolute atomic E-state index is 9.17. The maximum Gasteiger partial charge on any atom is 0.0585 e. The van der Waals surface area contributed by atoms with Crippen molar-refractivity contribution in [1.82, 2.24) is 10.2 Å². The molecule has 1 aliphatic heterocycles. The van der Waals surface area contributed by atoms with Crippen LogP contribution in [0, 0.1) is 0 Å². The van der Waals surface area contributed by atoms with E-state index in [-0.39, 0.29) is 12.6 Å². The van der Waals surface area contributed by atoms with Gasteiger partial charge >= 0.3 is 0 Å². The molecule has 2 N–H and O–H groups in total. The van der Waals surface area contributed by atoms with Gasteiger partial charge in [-0.2, -0.15) is 0 Å². The normalized spacial score (nSPS) is 24.6. The third-order valence-corrected chi connectivity index (χ3v) is 3.45. The first kappa shape index (κ1) is 12.9. The van der Waals surface area contributed by atoms with Crippen LogP contribution in [0.4, 0.5) is 0 Å². The van der Waals surface area contributed by atoms with Crippen LogP contribution in [0.1, 0.15) is 39.5 Å². The number of hydrogen-bond donors (Lipinski definition) is 2. The lowest BCUT2D eigenvalue weighted by Crippen LogP contribution is -2.38. The molecule has 0 amide bonds. The highest BCUT2D eigenvalue weighted by molar-refractivity contribution is 4.79. The Morgan fingerprint density at radius 1 is 1.47 bits per heavy atom. The zero-order valence-corrected chi connectivity index (χ0v) is 10.2. The van der Waals surface area contributed by atoms with Gasteiger partial charge in [-0.3, -0.25) is 0 Å². The highest BCUT2D eigenvalue weighted by atomic mass is 16.3. The zero-order chi connectivity index (χ0) is 11.1. The molecule has 1 fully saturated rings. The van der Waals surface area contributed by atoms with Crippen molar-refractivity contribution in [2.45, 2.75) is 51.6 Å². The highest BCUT2D eigenvalue weighted by Gasteiger charge is 2.22. The largest absolute Gasteiger partial charge is 0.395 e. The van der Waals surface area contributed by atoms with Crippen LogP contribution in [0.2, 0.25) is 0 Å². The van der Waals surface area contributed by atoms with Gasteiger partial charge in [-0.15, -0.1) is 0 Å². The molecule has 2 unspecified atom stereocenters. The summed E-state index contributed by atoms with van der Waals surface area (Å²) in [5.74, 6) is 0. The second-order valence-electron chi connectivity index (χ2n) is 4.47. The van der Waals surface area contributed by atoms with E-state index >= 15 is 0 Å². The minimum absolute atomic E-state index is 0.262. The molecule has 1 rings (SSSR count). The van der Waals surface area contributed by atoms with E-state index in [4.69, 9.17) is 0 Å². The lowest BCUT2D eigenvalue weighted by atomic mass is 10.1. The summed E-state index contributed by atoms with van der Waals surface area (Å²) in [6.07, 6.45) is 5.05. The van der Waals surface area contributed by atoms with Crippen LogP contribution in [0.3, 0.4) is 0 Å². The van der Waals surface area contributed by atoms with Crippen molar-refractivity contribution in [3.63, 3.8) is 0 Å². The summed E-state index contributed by atoms with van der Waals surface area (Å²) in [4.78, 5) is 2.58. The van der Waals surface area contributed by atoms with Crippen LogP contribution >= 0.6 is 0 Å². The molecule has 0 saturated carbocycles. The van der Waals surface area contributed by atoms with E-state index in [1.807, 2.05) is 0 Å². The first-order valence-electron chi connectivity index (χ1n) is 6.40. The number of hydrogen-bond acceptors (Lipinski definition) is 3. The number of nitrogens with zero attached hydrogens (tertiary/aromatic N) is 1. The molecule has 0 radical (unpaired) electrons. The van der Waals surface area contributed by atoms with Gasteiger partial charge in [0.25, 0.3) is 0 Å². The Hall–Kier alpha value is -0.120. The van der Waals surface area contributed by atoms with Crippen molar-refractivity contribution in [3.05, 3.63) is 0 Å². The van der Waals surface area contributed by atoms with Crippen LogP contribution in [0.15, 0.2) is 0 Å². The molecule has 0 spiro atoms. The fourth-order valence-electron chi connectivity index (χ4n) is 2.52. The van der Waals surface area contributed by atoms with Crippen molar-refractivity contribution in [3.8, 4) is 0 Å². The zero-order valence-electron chi connectivity index (χ0n) is 10.2. The third-order valence-electron chi connectivity index (χ3n) is 3.45. The molecule has 3 heteroatoms. The Morgan fingerprint density at radius 2 is 2.27 bits per heavy atom. The molecule has 90 valence electrons. The fraction of sp³-hybridized carbons (Fsp3) is 1.00. The van der Waals surface area contributed by atoms with E-state index < -0.39 is 0 Å². The van der Waals surface area contributed by atoms with E-state index in [0.717, 1.165) is 25.6 Å². The summed E-state index contributed by atoms with van der Waals surface area (Å²) in [5, 5.41) is 12.5. The molecule has 1 aliphatic rings. The van der Waals surface area contributed by atoms with Crippen LogP contribution < -0.4 is 5.32 Å². The van der Waals surface area contributed by atoms with Gasteiger partial charge in [-0.25, -0.2) is 0 Å². The number of aliphatic hydroxyl groups excluding tert-OH is 1. The quantitative estimate of drug-likeness (QED) is 0.669. The smallest absolute Gasteiger partial charge is 0.0585 e. The predicted octanol–water partition coefficient (Wildman–Crippen LogP) is 1.22. The van der Waals surface area contributed by atoms with Gasteiger partial charge in [0.2, 0.25) is 0 Å². The summed E-state index contributed by atoms with van der Waals surface area (Å²) >= 11 is 0. The summed E-state index contributed by atoms with van der Waals surface area (Å²) in [5.41, 5.74) is 0. The van der Waals surface area contributed by atoms with E-state index in [2.05, 4.69) is 24.1 Å². The Kier molecular flexibility index (Phi) is 6.22. The number of aliphatic hydroxyl groups is 1. The molecule has 15 heavy (non-hydrogen) atoms. The minimum Gasteiger partial charge on any atom is -0.395 e. The SMILES string of the molecule is CCNC(CO)CCN1CCCC1CC. The van der Waals surface area contributed by atoms with Gasteiger partial charge < -0.3 is 15.3 Å². The molecule has 2 atom stereocenters. The van der Waals surface area contributed by atoms with Crippen LogP contribution in [0.5, 0.6) is 0 Å². The molecule has 0 aliphatic carbocycles. The van der Waals surface area contributed by atoms with Crippen molar-refractivity contribution in [1.29, 1.82) is 0 Å². The number of likely N-dealkylation sites (tertiary alicyclic amines) is 1. The van der Waals surface area contributed by atoms with Crippen molar-refractivity contribution >= 4 is 0 Å². The molecule has 0 aromatic heterocycles. The molecule has 0 aromatic rings. The number of nitrogens with one attached hydrogen (secondary N) is 1. The molecule has 1 heterocycles. The van der Waals surface area contributed by atoms with Crippen molar-refractivity contribution in [2.75, 3.05) is 26.2 Å². The Labute approximate surface area is 93.9 Å². The van der Waals surface area contributed by atoms with E-state index in [9.17, 15) is 5.11 Å². The van der Waals surface area contributed by atoms with E-state index in [0.29, 0.717) is 0 Å². The standard InChI is InChI=1S/C12H26N2O/c1-3-12-6-5-8-14(12)9-7-11(10-15)13-4-2/h11-13,15H,3-10H2,1-2H3. The summed E-state index contributed by atoms with van der Waals surface area (Å²) in [7, 11) is 0. The Bertz CT molecular complexity index is 164. The van der Waals surface area contributed by atoms with Gasteiger partial charge in [-0.05, 0) is 45.3 Å². The molecule has 3 nitrogen and oxygen atoms in total. The molecular weight excluding hydrogens is 188 g/mol. The third kappa shape index (κ3) is 4.09. The average Bonchev–Trinajstić information content (AvgIpc) is 2.71. The lowest BCUT2D eigenvalue weighted by Gasteiger charge is -2.25. The van der Waals surface area contributed by atoms with Gasteiger partial charge in [0.1, 0.15) is 0 Å². The number of likely N-dealkylation sites (N-methyl/N-ethyl adjacent to an activating group) is 1. The monoisotopic (exact) mass is 214 g/mol. The summed E-state index contributed by atoms with van der Waals surface area (Å²) in [6.45, 7) is 7.96. The van der Waals surface area contributed by atoms with Crippen LogP contribution in [-0.2, 0) is 0 Å². The first-order chi connectivity index (χ1) is 7.31. The van der Waals surface area contributed by atoms with Gasteiger partial charge in [0, 0.05) is 12.1 Å². The summed E-state index contributed by atoms with van der Waals surface area (Å²) in [6, 6.07) is 1.08. The van der Waals surface area contributed by atoms with Crippen molar-refractivity contribution in [2.24, 2.45) is 0 Å². The van der Waals surface area contributed by atoms with Crippen molar-refractivity contribution < 1.29 is 5.11 Å². The summed E-state index contributed by atoms with van der Waals surface area (Å²) < 4.78 is 0. The molecule has 0 bridgehead atoms. The maximum atomic E-state index is 9.17. The lowest BCUT2D eigenvalue weighted by molar-refractivity contribution is 0.197. The topological polar surface area (TPSA) is 35.5 Å². The molecule has 0 aromatic carbocycles. The van der Waals surface area contributed by atoms with Gasteiger partial charge in [-0.1, -0.05) is 13.8 Å². The highest BCUT2D eigenvalue weighted by Crippen LogP contribution is 2.19. The van der Waals surface area contributed by atoms with E-state index in [1.165, 1.54) is 25.8 Å². The second-order valence-corrected chi connectivity index (χ2v) is 4.47. The fourth-order valence-corrected chi connectivity index (χ4v) is 2.52. The van der Waals surface area contributed by atoms with Crippen LogP contribution in [-0.4, -0.2) is 48.3 Å². The van der Waals surface area contributed by atoms with Crippen LogP contribution in [0.25, 0.3) is 0 Å². The Morgan fingerprint density at radius 3 is 2.87 bits per heavy atom. The number of rotatable bonds is 7. The van der Waals surface area contributed by atoms with Gasteiger partial charge in [0.15, 0.2) is 0 Å². The first-order valence-corrected chi connectivity index (χ1v) is 6.40. The molecule has 1 saturated heterocycles. The molecular formula is C12H26N2O. The van der Waals surface area contributed by atoms with Gasteiger partial charge in [0.05, 0.1) is 6.61 Å². The average molecular weight is 214 g/mol. The predicted molar refractivity (Wildman–Crippen MR) is 64.1 cm³/mol. The Balaban J connectivity index is 2.22. The van der Waals surface area contributed by atoms with E-state index in [1.54, 1.807) is 0 Å².